The number of hydrogen-bond acceptors (Lipinski definition) is 4. The van der Waals surface area contributed by atoms with E-state index < -0.39 is 22.0 Å². The van der Waals surface area contributed by atoms with Gasteiger partial charge in [0.15, 0.2) is 0 Å². The highest BCUT2D eigenvalue weighted by Gasteiger charge is 2.12. The van der Waals surface area contributed by atoms with E-state index in [1.807, 2.05) is 0 Å². The molecule has 0 saturated carbocycles. The minimum Gasteiger partial charge on any atom is -0.368 e. The third-order valence-corrected chi connectivity index (χ3v) is 2.46. The number of anilines is 1. The minimum atomic E-state index is -3.35. The van der Waals surface area contributed by atoms with E-state index >= 15 is 0 Å². The van der Waals surface area contributed by atoms with Crippen LogP contribution in [0.4, 0.5) is 5.69 Å². The minimum absolute atomic E-state index is 0.344. The molecule has 1 aromatic rings. The summed E-state index contributed by atoms with van der Waals surface area (Å²) in [6.07, 6.45) is 1.04. The van der Waals surface area contributed by atoms with Gasteiger partial charge in [-0.25, -0.2) is 8.42 Å². The van der Waals surface area contributed by atoms with E-state index in [1.165, 1.54) is 6.07 Å². The first-order valence-electron chi connectivity index (χ1n) is 4.42. The predicted molar refractivity (Wildman–Crippen MR) is 61.0 cm³/mol. The van der Waals surface area contributed by atoms with E-state index in [1.54, 1.807) is 18.2 Å². The first-order chi connectivity index (χ1) is 7.29. The Bertz CT molecular complexity index is 498. The van der Waals surface area contributed by atoms with Crippen molar-refractivity contribution in [2.75, 3.05) is 11.0 Å². The van der Waals surface area contributed by atoms with Gasteiger partial charge in [0.1, 0.15) is 6.04 Å². The van der Waals surface area contributed by atoms with Crippen LogP contribution >= 0.6 is 0 Å². The van der Waals surface area contributed by atoms with Gasteiger partial charge in [-0.15, -0.1) is 0 Å². The van der Waals surface area contributed by atoms with Crippen LogP contribution in [0.2, 0.25) is 0 Å². The Balaban J connectivity index is 3.00. The second-order valence-electron chi connectivity index (χ2n) is 3.38. The summed E-state index contributed by atoms with van der Waals surface area (Å²) in [5.74, 6) is -0.670. The van der Waals surface area contributed by atoms with E-state index in [-0.39, 0.29) is 0 Å². The molecule has 0 aliphatic rings. The molecule has 0 saturated heterocycles. The molecule has 0 bridgehead atoms. The fraction of sp³-hybridized carbons (Fsp3) is 0.222. The zero-order valence-electron chi connectivity index (χ0n) is 8.67. The van der Waals surface area contributed by atoms with Gasteiger partial charge in [-0.1, -0.05) is 12.1 Å². The van der Waals surface area contributed by atoms with Crippen LogP contribution in [-0.2, 0) is 14.8 Å². The Hall–Kier alpha value is -1.60. The molecule has 0 heterocycles. The Morgan fingerprint density at radius 2 is 2.06 bits per heavy atom. The first-order valence-corrected chi connectivity index (χ1v) is 6.31. The number of carbonyl (C=O) groups is 1. The van der Waals surface area contributed by atoms with Gasteiger partial charge in [0, 0.05) is 5.69 Å². The van der Waals surface area contributed by atoms with E-state index in [2.05, 4.69) is 4.72 Å². The maximum absolute atomic E-state index is 11.0. The monoisotopic (exact) mass is 243 g/mol. The summed E-state index contributed by atoms with van der Waals surface area (Å²) < 4.78 is 24.2. The van der Waals surface area contributed by atoms with Crippen molar-refractivity contribution < 1.29 is 13.2 Å². The van der Waals surface area contributed by atoms with E-state index in [4.69, 9.17) is 11.5 Å². The third kappa shape index (κ3) is 3.52. The van der Waals surface area contributed by atoms with Crippen molar-refractivity contribution in [1.29, 1.82) is 0 Å². The molecule has 16 heavy (non-hydrogen) atoms. The van der Waals surface area contributed by atoms with Crippen LogP contribution in [0.3, 0.4) is 0 Å². The molecule has 1 atom stereocenters. The number of hydrogen-bond donors (Lipinski definition) is 3. The quantitative estimate of drug-likeness (QED) is 0.663. The first kappa shape index (κ1) is 12.5. The zero-order valence-corrected chi connectivity index (χ0v) is 9.49. The Labute approximate surface area is 93.7 Å². The lowest BCUT2D eigenvalue weighted by molar-refractivity contribution is -0.119. The van der Waals surface area contributed by atoms with E-state index in [0.717, 1.165) is 6.26 Å². The SMILES string of the molecule is CS(=O)(=O)Nc1cccc([C@@H](N)C(N)=O)c1. The standard InChI is InChI=1S/C9H13N3O3S/c1-16(14,15)12-7-4-2-3-6(5-7)8(10)9(11)13/h2-5,8,12H,10H2,1H3,(H2,11,13)/t8-/m1/s1. The molecule has 0 aliphatic heterocycles. The Morgan fingerprint density at radius 1 is 1.44 bits per heavy atom. The van der Waals surface area contributed by atoms with Crippen molar-refractivity contribution in [1.82, 2.24) is 0 Å². The highest BCUT2D eigenvalue weighted by Crippen LogP contribution is 2.16. The molecule has 0 aliphatic carbocycles. The normalized spacial score (nSPS) is 13.1. The lowest BCUT2D eigenvalue weighted by Gasteiger charge is -2.10. The summed E-state index contributed by atoms with van der Waals surface area (Å²) >= 11 is 0. The fourth-order valence-electron chi connectivity index (χ4n) is 1.17. The number of sulfonamides is 1. The molecule has 1 aromatic carbocycles. The average Bonchev–Trinajstić information content (AvgIpc) is 2.14. The second kappa shape index (κ2) is 4.50. The van der Waals surface area contributed by atoms with Gasteiger partial charge in [-0.3, -0.25) is 9.52 Å². The molecule has 0 fully saturated rings. The molecule has 1 amide bonds. The van der Waals surface area contributed by atoms with Crippen LogP contribution in [0.25, 0.3) is 0 Å². The second-order valence-corrected chi connectivity index (χ2v) is 5.13. The molecule has 7 heteroatoms. The van der Waals surface area contributed by atoms with Gasteiger partial charge in [0.25, 0.3) is 0 Å². The molecule has 6 nitrogen and oxygen atoms in total. The molecule has 0 spiro atoms. The summed E-state index contributed by atoms with van der Waals surface area (Å²) in [5.41, 5.74) is 11.4. The highest BCUT2D eigenvalue weighted by atomic mass is 32.2. The van der Waals surface area contributed by atoms with Crippen LogP contribution < -0.4 is 16.2 Å². The largest absolute Gasteiger partial charge is 0.368 e. The summed E-state index contributed by atoms with van der Waals surface area (Å²) in [4.78, 5) is 10.9. The maximum Gasteiger partial charge on any atom is 0.238 e. The maximum atomic E-state index is 11.0. The van der Waals surface area contributed by atoms with Crippen molar-refractivity contribution in [3.63, 3.8) is 0 Å². The van der Waals surface area contributed by atoms with Crippen LogP contribution in [0.1, 0.15) is 11.6 Å². The predicted octanol–water partition coefficient (Wildman–Crippen LogP) is -0.457. The molecule has 5 N–H and O–H groups in total. The van der Waals surface area contributed by atoms with Crippen LogP contribution in [0.5, 0.6) is 0 Å². The Kier molecular flexibility index (Phi) is 3.51. The molecule has 0 radical (unpaired) electrons. The number of benzene rings is 1. The lowest BCUT2D eigenvalue weighted by atomic mass is 10.1. The van der Waals surface area contributed by atoms with Crippen molar-refractivity contribution in [2.45, 2.75) is 6.04 Å². The molecule has 88 valence electrons. The van der Waals surface area contributed by atoms with Gasteiger partial charge in [0.05, 0.1) is 6.26 Å². The molecule has 0 aromatic heterocycles. The van der Waals surface area contributed by atoms with Crippen molar-refractivity contribution >= 4 is 21.6 Å². The van der Waals surface area contributed by atoms with Crippen molar-refractivity contribution in [2.24, 2.45) is 11.5 Å². The highest BCUT2D eigenvalue weighted by molar-refractivity contribution is 7.92. The number of carbonyl (C=O) groups excluding carboxylic acids is 1. The topological polar surface area (TPSA) is 115 Å². The number of nitrogens with two attached hydrogens (primary N) is 2. The number of rotatable bonds is 4. The summed E-state index contributed by atoms with van der Waals surface area (Å²) in [6, 6.07) is 5.27. The number of primary amides is 1. The van der Waals surface area contributed by atoms with Crippen molar-refractivity contribution in [3.05, 3.63) is 29.8 Å². The van der Waals surface area contributed by atoms with Crippen LogP contribution in [0.15, 0.2) is 24.3 Å². The van der Waals surface area contributed by atoms with Gasteiger partial charge >= 0.3 is 0 Å². The molecular weight excluding hydrogens is 230 g/mol. The molecule has 0 unspecified atom stereocenters. The summed E-state index contributed by atoms with van der Waals surface area (Å²) in [7, 11) is -3.35. The van der Waals surface area contributed by atoms with Crippen LogP contribution in [-0.4, -0.2) is 20.6 Å². The number of nitrogens with one attached hydrogen (secondary N) is 1. The third-order valence-electron chi connectivity index (χ3n) is 1.86. The Morgan fingerprint density at radius 3 is 2.56 bits per heavy atom. The molecule has 1 rings (SSSR count). The fourth-order valence-corrected chi connectivity index (χ4v) is 1.73. The summed E-state index contributed by atoms with van der Waals surface area (Å²) in [5, 5.41) is 0. The van der Waals surface area contributed by atoms with Gasteiger partial charge in [-0.2, -0.15) is 0 Å². The average molecular weight is 243 g/mol. The number of amides is 1. The smallest absolute Gasteiger partial charge is 0.238 e. The zero-order chi connectivity index (χ0) is 12.3. The van der Waals surface area contributed by atoms with E-state index in [0.29, 0.717) is 11.3 Å². The van der Waals surface area contributed by atoms with Gasteiger partial charge in [0.2, 0.25) is 15.9 Å². The van der Waals surface area contributed by atoms with Gasteiger partial charge in [-0.05, 0) is 17.7 Å². The van der Waals surface area contributed by atoms with E-state index in [9.17, 15) is 13.2 Å². The molecular formula is C9H13N3O3S. The lowest BCUT2D eigenvalue weighted by Crippen LogP contribution is -2.28. The van der Waals surface area contributed by atoms with Crippen molar-refractivity contribution in [3.8, 4) is 0 Å². The van der Waals surface area contributed by atoms with Gasteiger partial charge < -0.3 is 11.5 Å². The summed E-state index contributed by atoms with van der Waals surface area (Å²) in [6.45, 7) is 0. The van der Waals surface area contributed by atoms with Crippen LogP contribution in [0, 0.1) is 0 Å².